The molecule has 23 heavy (non-hydrogen) atoms. The molecule has 0 radical (unpaired) electrons. The highest BCUT2D eigenvalue weighted by Crippen LogP contribution is 2.41. The molecule has 2 atom stereocenters. The van der Waals surface area contributed by atoms with E-state index in [4.69, 9.17) is 4.74 Å². The summed E-state index contributed by atoms with van der Waals surface area (Å²) in [5.74, 6) is -0.346. The molecule has 5 nitrogen and oxygen atoms in total. The maximum atomic E-state index is 13.2. The normalized spacial score (nSPS) is 23.3. The Balaban J connectivity index is 2.42. The summed E-state index contributed by atoms with van der Waals surface area (Å²) in [6.45, 7) is -0.286. The van der Waals surface area contributed by atoms with Crippen molar-refractivity contribution in [2.45, 2.75) is 24.7 Å². The maximum absolute atomic E-state index is 13.2. The predicted octanol–water partition coefficient (Wildman–Crippen LogP) is 1.79. The highest BCUT2D eigenvalue weighted by atomic mass is 32.2. The lowest BCUT2D eigenvalue weighted by Crippen LogP contribution is -2.35. The van der Waals surface area contributed by atoms with Gasteiger partial charge in [-0.2, -0.15) is 17.5 Å². The van der Waals surface area contributed by atoms with E-state index in [0.29, 0.717) is 0 Å². The smallest absolute Gasteiger partial charge is 0.392 e. The SMILES string of the molecule is COCCS(=O)(=O)N1C[C@H](O)C[C@H]1c1ccccc1C(F)(F)F. The standard InChI is InChI=1S/C14H18F3NO4S/c1-22-6-7-23(20,21)18-9-10(19)8-13(18)11-4-2-3-5-12(11)14(15,16)17/h2-5,10,13,19H,6-9H2,1H3/t10-,13+/m1/s1. The molecule has 1 aromatic rings. The van der Waals surface area contributed by atoms with Crippen LogP contribution in [0.5, 0.6) is 0 Å². The van der Waals surface area contributed by atoms with E-state index in [-0.39, 0.29) is 30.9 Å². The Hall–Kier alpha value is -1.16. The molecule has 0 aromatic heterocycles. The first-order valence-electron chi connectivity index (χ1n) is 6.99. The molecule has 0 saturated carbocycles. The number of halogens is 3. The monoisotopic (exact) mass is 353 g/mol. The fraction of sp³-hybridized carbons (Fsp3) is 0.571. The molecule has 1 aliphatic rings. The van der Waals surface area contributed by atoms with Gasteiger partial charge in [0.2, 0.25) is 10.0 Å². The van der Waals surface area contributed by atoms with Crippen molar-refractivity contribution in [1.29, 1.82) is 0 Å². The van der Waals surface area contributed by atoms with Gasteiger partial charge in [0.05, 0.1) is 30.1 Å². The summed E-state index contributed by atoms with van der Waals surface area (Å²) >= 11 is 0. The second kappa shape index (κ2) is 6.76. The maximum Gasteiger partial charge on any atom is 0.416 e. The molecule has 1 aliphatic heterocycles. The number of aliphatic hydroxyl groups is 1. The molecule has 1 heterocycles. The summed E-state index contributed by atoms with van der Waals surface area (Å²) in [6, 6.07) is 3.81. The van der Waals surface area contributed by atoms with Crippen LogP contribution in [0.4, 0.5) is 13.2 Å². The zero-order valence-electron chi connectivity index (χ0n) is 12.5. The Morgan fingerprint density at radius 2 is 2.00 bits per heavy atom. The van der Waals surface area contributed by atoms with E-state index in [9.17, 15) is 26.7 Å². The van der Waals surface area contributed by atoms with Gasteiger partial charge in [-0.05, 0) is 18.1 Å². The number of nitrogens with zero attached hydrogens (tertiary/aromatic N) is 1. The lowest BCUT2D eigenvalue weighted by molar-refractivity contribution is -0.138. The molecule has 130 valence electrons. The minimum absolute atomic E-state index is 0.0669. The lowest BCUT2D eigenvalue weighted by Gasteiger charge is -2.26. The molecular weight excluding hydrogens is 335 g/mol. The van der Waals surface area contributed by atoms with Gasteiger partial charge in [-0.15, -0.1) is 0 Å². The van der Waals surface area contributed by atoms with Crippen molar-refractivity contribution in [2.24, 2.45) is 0 Å². The third-order valence-electron chi connectivity index (χ3n) is 3.76. The van der Waals surface area contributed by atoms with Gasteiger partial charge in [0.15, 0.2) is 0 Å². The Morgan fingerprint density at radius 3 is 2.61 bits per heavy atom. The summed E-state index contributed by atoms with van der Waals surface area (Å²) in [5, 5.41) is 9.80. The Bertz CT molecular complexity index is 648. The van der Waals surface area contributed by atoms with Crippen LogP contribution in [0, 0.1) is 0 Å². The lowest BCUT2D eigenvalue weighted by atomic mass is 9.98. The number of hydrogen-bond donors (Lipinski definition) is 1. The van der Waals surface area contributed by atoms with Crippen LogP contribution in [0.15, 0.2) is 24.3 Å². The van der Waals surface area contributed by atoms with Crippen LogP contribution in [0.3, 0.4) is 0 Å². The molecule has 0 amide bonds. The molecule has 9 heteroatoms. The number of rotatable bonds is 5. The first-order chi connectivity index (χ1) is 10.7. The van der Waals surface area contributed by atoms with Crippen molar-refractivity contribution < 1.29 is 31.4 Å². The van der Waals surface area contributed by atoms with Crippen LogP contribution in [0.2, 0.25) is 0 Å². The largest absolute Gasteiger partial charge is 0.416 e. The molecule has 0 aliphatic carbocycles. The Kier molecular flexibility index (Phi) is 5.34. The molecule has 0 spiro atoms. The summed E-state index contributed by atoms with van der Waals surface area (Å²) in [5.41, 5.74) is -1.02. The Morgan fingerprint density at radius 1 is 1.35 bits per heavy atom. The van der Waals surface area contributed by atoms with E-state index >= 15 is 0 Å². The second-order valence-corrected chi connectivity index (χ2v) is 7.41. The number of aliphatic hydroxyl groups excluding tert-OH is 1. The zero-order valence-corrected chi connectivity index (χ0v) is 13.3. The van der Waals surface area contributed by atoms with Crippen molar-refractivity contribution >= 4 is 10.0 Å². The minimum Gasteiger partial charge on any atom is -0.392 e. The van der Waals surface area contributed by atoms with E-state index in [1.165, 1.54) is 25.3 Å². The van der Waals surface area contributed by atoms with E-state index in [1.54, 1.807) is 0 Å². The molecule has 1 saturated heterocycles. The predicted molar refractivity (Wildman–Crippen MR) is 77.2 cm³/mol. The number of ether oxygens (including phenoxy) is 1. The molecular formula is C14H18F3NO4S. The third-order valence-corrected chi connectivity index (χ3v) is 5.56. The van der Waals surface area contributed by atoms with Crippen molar-refractivity contribution in [2.75, 3.05) is 26.0 Å². The number of benzene rings is 1. The molecule has 1 aromatic carbocycles. The highest BCUT2D eigenvalue weighted by molar-refractivity contribution is 7.89. The van der Waals surface area contributed by atoms with Crippen LogP contribution >= 0.6 is 0 Å². The van der Waals surface area contributed by atoms with Gasteiger partial charge in [-0.3, -0.25) is 0 Å². The van der Waals surface area contributed by atoms with Crippen molar-refractivity contribution in [3.8, 4) is 0 Å². The van der Waals surface area contributed by atoms with Crippen LogP contribution in [0.25, 0.3) is 0 Å². The average molecular weight is 353 g/mol. The van der Waals surface area contributed by atoms with E-state index < -0.39 is 33.9 Å². The van der Waals surface area contributed by atoms with Gasteiger partial charge < -0.3 is 9.84 Å². The third kappa shape index (κ3) is 4.03. The molecule has 0 bridgehead atoms. The van der Waals surface area contributed by atoms with Crippen LogP contribution in [0.1, 0.15) is 23.6 Å². The summed E-state index contributed by atoms with van der Waals surface area (Å²) < 4.78 is 69.9. The van der Waals surface area contributed by atoms with Crippen LogP contribution < -0.4 is 0 Å². The van der Waals surface area contributed by atoms with Crippen molar-refractivity contribution in [1.82, 2.24) is 4.31 Å². The van der Waals surface area contributed by atoms with Gasteiger partial charge in [0.1, 0.15) is 0 Å². The summed E-state index contributed by atoms with van der Waals surface area (Å²) in [6.07, 6.45) is -5.66. The van der Waals surface area contributed by atoms with Crippen LogP contribution in [-0.2, 0) is 20.9 Å². The fourth-order valence-electron chi connectivity index (χ4n) is 2.73. The van der Waals surface area contributed by atoms with Gasteiger partial charge in [0, 0.05) is 13.7 Å². The molecule has 1 fully saturated rings. The first-order valence-corrected chi connectivity index (χ1v) is 8.60. The number of sulfonamides is 1. The van der Waals surface area contributed by atoms with Crippen molar-refractivity contribution in [3.63, 3.8) is 0 Å². The van der Waals surface area contributed by atoms with Crippen molar-refractivity contribution in [3.05, 3.63) is 35.4 Å². The molecule has 0 unspecified atom stereocenters. The summed E-state index contributed by atoms with van der Waals surface area (Å²) in [4.78, 5) is 0. The van der Waals surface area contributed by atoms with E-state index in [1.807, 2.05) is 0 Å². The highest BCUT2D eigenvalue weighted by Gasteiger charge is 2.43. The van der Waals surface area contributed by atoms with Gasteiger partial charge in [0.25, 0.3) is 0 Å². The summed E-state index contributed by atoms with van der Waals surface area (Å²) in [7, 11) is -2.50. The Labute approximate surface area is 132 Å². The van der Waals surface area contributed by atoms with Gasteiger partial charge in [-0.25, -0.2) is 8.42 Å². The van der Waals surface area contributed by atoms with Crippen LogP contribution in [-0.4, -0.2) is 49.9 Å². The van der Waals surface area contributed by atoms with E-state index in [0.717, 1.165) is 10.4 Å². The fourth-order valence-corrected chi connectivity index (χ4v) is 4.32. The zero-order chi connectivity index (χ0) is 17.3. The molecule has 2 rings (SSSR count). The number of methoxy groups -OCH3 is 1. The van der Waals surface area contributed by atoms with Gasteiger partial charge >= 0.3 is 6.18 Å². The quantitative estimate of drug-likeness (QED) is 0.876. The minimum atomic E-state index is -4.59. The number of hydrogen-bond acceptors (Lipinski definition) is 4. The number of alkyl halides is 3. The van der Waals surface area contributed by atoms with Gasteiger partial charge in [-0.1, -0.05) is 18.2 Å². The number of β-amino-alcohol motifs (C(OH)–C–C–N with tert-alkyl or cyclic N) is 1. The average Bonchev–Trinajstić information content (AvgIpc) is 2.87. The molecule has 1 N–H and O–H groups in total. The first kappa shape index (κ1) is 18.2. The topological polar surface area (TPSA) is 66.8 Å². The van der Waals surface area contributed by atoms with E-state index in [2.05, 4.69) is 0 Å². The second-order valence-electron chi connectivity index (χ2n) is 5.37.